The molecule has 2 rings (SSSR count). The third-order valence-corrected chi connectivity index (χ3v) is 3.52. The highest BCUT2D eigenvalue weighted by atomic mass is 16.4. The van der Waals surface area contributed by atoms with Gasteiger partial charge in [-0.1, -0.05) is 13.0 Å². The summed E-state index contributed by atoms with van der Waals surface area (Å²) in [7, 11) is 0. The normalized spacial score (nSPS) is 31.7. The lowest BCUT2D eigenvalue weighted by Gasteiger charge is -2.34. The van der Waals surface area contributed by atoms with E-state index < -0.39 is 5.97 Å². The van der Waals surface area contributed by atoms with Crippen molar-refractivity contribution in [1.82, 2.24) is 4.90 Å². The van der Waals surface area contributed by atoms with Crippen LogP contribution in [0.1, 0.15) is 32.1 Å². The molecule has 78 valence electrons. The van der Waals surface area contributed by atoms with E-state index in [1.165, 1.54) is 32.1 Å². The summed E-state index contributed by atoms with van der Waals surface area (Å²) in [6.07, 6.45) is 6.29. The summed E-state index contributed by atoms with van der Waals surface area (Å²) < 4.78 is 0. The average Bonchev–Trinajstić information content (AvgIpc) is 2.38. The van der Waals surface area contributed by atoms with Crippen LogP contribution >= 0.6 is 0 Å². The van der Waals surface area contributed by atoms with E-state index in [1.54, 1.807) is 0 Å². The zero-order chi connectivity index (χ0) is 10.1. The predicted molar refractivity (Wildman–Crippen MR) is 54.1 cm³/mol. The molecule has 3 heteroatoms. The first-order valence-corrected chi connectivity index (χ1v) is 5.35. The van der Waals surface area contributed by atoms with Crippen molar-refractivity contribution < 1.29 is 9.90 Å². The minimum atomic E-state index is -0.852. The first kappa shape index (κ1) is 9.71. The fraction of sp³-hybridized carbons (Fsp3) is 0.727. The molecule has 2 aliphatic rings. The number of nitrogens with zero attached hydrogens (tertiary/aromatic N) is 1. The largest absolute Gasteiger partial charge is 0.478 e. The van der Waals surface area contributed by atoms with Crippen molar-refractivity contribution in [2.24, 2.45) is 0 Å². The van der Waals surface area contributed by atoms with Crippen molar-refractivity contribution in [2.75, 3.05) is 6.54 Å². The summed E-state index contributed by atoms with van der Waals surface area (Å²) in [4.78, 5) is 13.0. The number of hydrogen-bond acceptors (Lipinski definition) is 2. The van der Waals surface area contributed by atoms with E-state index in [9.17, 15) is 4.79 Å². The SMILES string of the molecule is C=C(CN1C2CCCC1CC2)C(=O)O. The minimum Gasteiger partial charge on any atom is -0.478 e. The van der Waals surface area contributed by atoms with E-state index >= 15 is 0 Å². The minimum absolute atomic E-state index is 0.337. The maximum atomic E-state index is 10.7. The Morgan fingerprint density at radius 1 is 1.29 bits per heavy atom. The maximum Gasteiger partial charge on any atom is 0.332 e. The second-order valence-corrected chi connectivity index (χ2v) is 4.40. The van der Waals surface area contributed by atoms with Crippen LogP contribution < -0.4 is 0 Å². The molecule has 2 unspecified atom stereocenters. The molecule has 2 bridgehead atoms. The molecule has 2 aliphatic heterocycles. The highest BCUT2D eigenvalue weighted by molar-refractivity contribution is 5.86. The maximum absolute atomic E-state index is 10.7. The number of carboxylic acid groups (broad SMARTS) is 1. The van der Waals surface area contributed by atoms with Crippen LogP contribution in [0.2, 0.25) is 0 Å². The molecule has 0 aromatic carbocycles. The van der Waals surface area contributed by atoms with Gasteiger partial charge in [0.05, 0.1) is 0 Å². The van der Waals surface area contributed by atoms with Gasteiger partial charge in [0.15, 0.2) is 0 Å². The van der Waals surface area contributed by atoms with Gasteiger partial charge < -0.3 is 5.11 Å². The summed E-state index contributed by atoms with van der Waals surface area (Å²) in [6.45, 7) is 4.16. The molecule has 2 fully saturated rings. The number of hydrogen-bond donors (Lipinski definition) is 1. The highest BCUT2D eigenvalue weighted by Gasteiger charge is 2.36. The molecular formula is C11H17NO2. The molecule has 0 aliphatic carbocycles. The summed E-state index contributed by atoms with van der Waals surface area (Å²) >= 11 is 0. The Kier molecular flexibility index (Phi) is 2.59. The van der Waals surface area contributed by atoms with Gasteiger partial charge in [-0.25, -0.2) is 4.79 Å². The van der Waals surface area contributed by atoms with E-state index in [4.69, 9.17) is 5.11 Å². The van der Waals surface area contributed by atoms with Gasteiger partial charge in [0.1, 0.15) is 0 Å². The second kappa shape index (κ2) is 3.73. The lowest BCUT2D eigenvalue weighted by molar-refractivity contribution is -0.133. The van der Waals surface area contributed by atoms with E-state index in [2.05, 4.69) is 11.5 Å². The van der Waals surface area contributed by atoms with Crippen LogP contribution in [0.15, 0.2) is 12.2 Å². The number of rotatable bonds is 3. The number of aliphatic carboxylic acids is 1. The Bertz CT molecular complexity index is 246. The third-order valence-electron chi connectivity index (χ3n) is 3.52. The van der Waals surface area contributed by atoms with Crippen LogP contribution in [0.3, 0.4) is 0 Å². The number of carbonyl (C=O) groups is 1. The van der Waals surface area contributed by atoms with Crippen LogP contribution in [0.5, 0.6) is 0 Å². The van der Waals surface area contributed by atoms with E-state index in [-0.39, 0.29) is 0 Å². The highest BCUT2D eigenvalue weighted by Crippen LogP contribution is 2.35. The molecular weight excluding hydrogens is 178 g/mol. The smallest absolute Gasteiger partial charge is 0.332 e. The van der Waals surface area contributed by atoms with Gasteiger partial charge >= 0.3 is 5.97 Å². The quantitative estimate of drug-likeness (QED) is 0.696. The number of carboxylic acids is 1. The van der Waals surface area contributed by atoms with Gasteiger partial charge in [-0.15, -0.1) is 0 Å². The van der Waals surface area contributed by atoms with Gasteiger partial charge in [-0.05, 0) is 25.7 Å². The Hall–Kier alpha value is -0.830. The molecule has 0 aromatic heterocycles. The molecule has 2 atom stereocenters. The van der Waals surface area contributed by atoms with Crippen molar-refractivity contribution in [1.29, 1.82) is 0 Å². The molecule has 2 heterocycles. The van der Waals surface area contributed by atoms with Gasteiger partial charge in [0.25, 0.3) is 0 Å². The standard InChI is InChI=1S/C11H17NO2/c1-8(11(13)14)7-12-9-3-2-4-10(12)6-5-9/h9-10H,1-7H2,(H,13,14). The lowest BCUT2D eigenvalue weighted by atomic mass is 10.0. The van der Waals surface area contributed by atoms with Crippen molar-refractivity contribution in [3.05, 3.63) is 12.2 Å². The first-order valence-electron chi connectivity index (χ1n) is 5.35. The van der Waals surface area contributed by atoms with Gasteiger partial charge in [0, 0.05) is 24.2 Å². The van der Waals surface area contributed by atoms with Crippen molar-refractivity contribution in [3.8, 4) is 0 Å². The zero-order valence-electron chi connectivity index (χ0n) is 8.41. The Balaban J connectivity index is 1.98. The molecule has 2 saturated heterocycles. The van der Waals surface area contributed by atoms with Crippen molar-refractivity contribution in [2.45, 2.75) is 44.2 Å². The Labute approximate surface area is 84.4 Å². The van der Waals surface area contributed by atoms with Gasteiger partial charge in [-0.2, -0.15) is 0 Å². The summed E-state index contributed by atoms with van der Waals surface area (Å²) in [6, 6.07) is 1.26. The predicted octanol–water partition coefficient (Wildman–Crippen LogP) is 1.64. The fourth-order valence-electron chi connectivity index (χ4n) is 2.77. The average molecular weight is 195 g/mol. The third kappa shape index (κ3) is 1.69. The van der Waals surface area contributed by atoms with E-state index in [0.717, 1.165) is 0 Å². The van der Waals surface area contributed by atoms with Crippen molar-refractivity contribution >= 4 is 5.97 Å². The van der Waals surface area contributed by atoms with E-state index in [1.807, 2.05) is 0 Å². The number of fused-ring (bicyclic) bond motifs is 2. The summed E-state index contributed by atoms with van der Waals surface area (Å²) in [5.41, 5.74) is 0.337. The molecule has 0 saturated carbocycles. The monoisotopic (exact) mass is 195 g/mol. The molecule has 0 spiro atoms. The molecule has 3 nitrogen and oxygen atoms in total. The first-order chi connectivity index (χ1) is 6.68. The number of piperidine rings is 1. The Morgan fingerprint density at radius 2 is 1.86 bits per heavy atom. The van der Waals surface area contributed by atoms with Crippen LogP contribution in [0.4, 0.5) is 0 Å². The molecule has 0 amide bonds. The second-order valence-electron chi connectivity index (χ2n) is 4.40. The van der Waals surface area contributed by atoms with Crippen LogP contribution in [-0.4, -0.2) is 34.6 Å². The van der Waals surface area contributed by atoms with Gasteiger partial charge in [-0.3, -0.25) is 4.90 Å². The fourth-order valence-corrected chi connectivity index (χ4v) is 2.77. The summed E-state index contributed by atoms with van der Waals surface area (Å²) in [5.74, 6) is -0.852. The molecule has 1 N–H and O–H groups in total. The molecule has 0 aromatic rings. The van der Waals surface area contributed by atoms with Gasteiger partial charge in [0.2, 0.25) is 0 Å². The molecule has 14 heavy (non-hydrogen) atoms. The topological polar surface area (TPSA) is 40.5 Å². The summed E-state index contributed by atoms with van der Waals surface area (Å²) in [5, 5.41) is 8.78. The molecule has 0 radical (unpaired) electrons. The van der Waals surface area contributed by atoms with Crippen molar-refractivity contribution in [3.63, 3.8) is 0 Å². The lowest BCUT2D eigenvalue weighted by Crippen LogP contribution is -2.41. The van der Waals surface area contributed by atoms with E-state index in [0.29, 0.717) is 24.2 Å². The van der Waals surface area contributed by atoms with Crippen LogP contribution in [0.25, 0.3) is 0 Å². The zero-order valence-corrected chi connectivity index (χ0v) is 8.41. The van der Waals surface area contributed by atoms with Crippen LogP contribution in [0, 0.1) is 0 Å². The Morgan fingerprint density at radius 3 is 2.36 bits per heavy atom. The van der Waals surface area contributed by atoms with Crippen LogP contribution in [-0.2, 0) is 4.79 Å².